The molecule has 2 heterocycles. The lowest BCUT2D eigenvalue weighted by atomic mass is 9.95. The molecule has 1 N–H and O–H groups in total. The highest BCUT2D eigenvalue weighted by molar-refractivity contribution is 9.10. The average molecular weight is 618 g/mol. The van der Waals surface area contributed by atoms with Crippen LogP contribution in [0.15, 0.2) is 82.8 Å². The number of aliphatic hydroxyl groups excluding tert-OH is 1. The Labute approximate surface area is 243 Å². The summed E-state index contributed by atoms with van der Waals surface area (Å²) < 4.78 is 6.73. The number of rotatable bonds is 7. The Balaban J connectivity index is 1.53. The maximum absolute atomic E-state index is 13.4. The van der Waals surface area contributed by atoms with Gasteiger partial charge in [0.2, 0.25) is 0 Å². The molecule has 0 bridgehead atoms. The molecule has 1 aliphatic rings. The number of amides is 1. The smallest absolute Gasteiger partial charge is 0.301 e. The van der Waals surface area contributed by atoms with Crippen molar-refractivity contribution in [1.82, 2.24) is 4.98 Å². The zero-order valence-corrected chi connectivity index (χ0v) is 24.4. The molecule has 5 rings (SSSR count). The van der Waals surface area contributed by atoms with Crippen LogP contribution in [-0.2, 0) is 16.2 Å². The Morgan fingerprint density at radius 2 is 1.70 bits per heavy atom. The molecule has 0 spiro atoms. The van der Waals surface area contributed by atoms with E-state index in [2.05, 4.69) is 20.9 Å². The first kappa shape index (κ1) is 27.5. The summed E-state index contributed by atoms with van der Waals surface area (Å²) in [5, 5.41) is 11.6. The molecule has 1 saturated heterocycles. The first-order valence-electron chi connectivity index (χ1n) is 12.5. The molecule has 1 unspecified atom stereocenters. The molecule has 1 aliphatic heterocycles. The van der Waals surface area contributed by atoms with Gasteiger partial charge in [0, 0.05) is 17.0 Å². The Morgan fingerprint density at radius 3 is 2.33 bits per heavy atom. The number of nitrogens with zero attached hydrogens (tertiary/aromatic N) is 2. The third kappa shape index (κ3) is 5.22. The van der Waals surface area contributed by atoms with Gasteiger partial charge in [0.05, 0.1) is 22.2 Å². The van der Waals surface area contributed by atoms with Crippen molar-refractivity contribution in [2.24, 2.45) is 0 Å². The number of benzene rings is 3. The minimum atomic E-state index is -0.935. The minimum Gasteiger partial charge on any atom is -0.507 e. The van der Waals surface area contributed by atoms with Crippen LogP contribution < -0.4 is 9.64 Å². The highest BCUT2D eigenvalue weighted by Crippen LogP contribution is 2.44. The monoisotopic (exact) mass is 616 g/mol. The van der Waals surface area contributed by atoms with Gasteiger partial charge >= 0.3 is 5.91 Å². The van der Waals surface area contributed by atoms with E-state index in [1.165, 1.54) is 11.8 Å². The van der Waals surface area contributed by atoms with E-state index in [0.29, 0.717) is 34.1 Å². The van der Waals surface area contributed by atoms with Gasteiger partial charge in [-0.05, 0) is 66.9 Å². The molecule has 1 amide bonds. The van der Waals surface area contributed by atoms with Gasteiger partial charge in [0.1, 0.15) is 18.1 Å². The lowest BCUT2D eigenvalue weighted by molar-refractivity contribution is -0.132. The van der Waals surface area contributed by atoms with Crippen LogP contribution in [-0.4, -0.2) is 27.6 Å². The number of aromatic nitrogens is 1. The summed E-state index contributed by atoms with van der Waals surface area (Å²) in [5.74, 6) is -1.54. The molecule has 202 valence electrons. The molecule has 7 nitrogen and oxygen atoms in total. The van der Waals surface area contributed by atoms with Crippen LogP contribution in [0.4, 0.5) is 5.13 Å². The zero-order valence-electron chi connectivity index (χ0n) is 22.0. The standard InChI is InChI=1S/C31H25BrN2O5S/c1-17-6-4-5-7-22(17)16-39-24-14-10-21(11-15-24)27(36)25-26(20-8-12-23(32)13-9-20)34(30(38)28(25)37)31-33-18(2)29(40-31)19(3)35/h4-15,26,36H,16H2,1-3H3. The summed E-state index contributed by atoms with van der Waals surface area (Å²) in [4.78, 5) is 45.0. The van der Waals surface area contributed by atoms with Crippen molar-refractivity contribution in [2.75, 3.05) is 4.90 Å². The molecule has 0 aliphatic carbocycles. The number of Topliss-reactive ketones (excluding diaryl/α,β-unsaturated/α-hetero) is 2. The summed E-state index contributed by atoms with van der Waals surface area (Å²) in [6.45, 7) is 5.52. The summed E-state index contributed by atoms with van der Waals surface area (Å²) in [6.07, 6.45) is 0. The lowest BCUT2D eigenvalue weighted by Gasteiger charge is -2.23. The van der Waals surface area contributed by atoms with Gasteiger partial charge in [-0.25, -0.2) is 4.98 Å². The maximum atomic E-state index is 13.4. The van der Waals surface area contributed by atoms with Crippen LogP contribution >= 0.6 is 27.3 Å². The van der Waals surface area contributed by atoms with Gasteiger partial charge < -0.3 is 9.84 Å². The number of aliphatic hydroxyl groups is 1. The third-order valence-corrected chi connectivity index (χ3v) is 8.51. The number of carbonyl (C=O) groups excluding carboxylic acids is 3. The minimum absolute atomic E-state index is 0.0573. The van der Waals surface area contributed by atoms with E-state index < -0.39 is 17.7 Å². The number of ether oxygens (including phenoxy) is 1. The molecule has 4 aromatic rings. The Hall–Kier alpha value is -4.08. The number of carbonyl (C=O) groups is 3. The van der Waals surface area contributed by atoms with Gasteiger partial charge in [0.25, 0.3) is 5.78 Å². The van der Waals surface area contributed by atoms with Crippen molar-refractivity contribution in [3.63, 3.8) is 0 Å². The fourth-order valence-corrected chi connectivity index (χ4v) is 5.85. The lowest BCUT2D eigenvalue weighted by Crippen LogP contribution is -2.29. The normalized spacial score (nSPS) is 16.4. The molecule has 0 radical (unpaired) electrons. The van der Waals surface area contributed by atoms with E-state index in [1.54, 1.807) is 55.5 Å². The second-order valence-corrected chi connectivity index (χ2v) is 11.3. The number of ketones is 2. The second kappa shape index (κ2) is 11.2. The third-order valence-electron chi connectivity index (χ3n) is 6.72. The van der Waals surface area contributed by atoms with Crippen LogP contribution in [0.3, 0.4) is 0 Å². The topological polar surface area (TPSA) is 96.8 Å². The van der Waals surface area contributed by atoms with Crippen LogP contribution in [0, 0.1) is 13.8 Å². The average Bonchev–Trinajstić information content (AvgIpc) is 3.45. The number of thiazole rings is 1. The van der Waals surface area contributed by atoms with Crippen LogP contribution in [0.1, 0.15) is 50.6 Å². The van der Waals surface area contributed by atoms with E-state index in [0.717, 1.165) is 26.9 Å². The molecular weight excluding hydrogens is 592 g/mol. The Bertz CT molecular complexity index is 1660. The van der Waals surface area contributed by atoms with Gasteiger partial charge in [-0.3, -0.25) is 19.3 Å². The molecular formula is C31H25BrN2O5S. The van der Waals surface area contributed by atoms with Crippen LogP contribution in [0.2, 0.25) is 0 Å². The van der Waals surface area contributed by atoms with Crippen molar-refractivity contribution in [1.29, 1.82) is 0 Å². The summed E-state index contributed by atoms with van der Waals surface area (Å²) >= 11 is 4.47. The Kier molecular flexibility index (Phi) is 7.69. The van der Waals surface area contributed by atoms with Crippen molar-refractivity contribution in [3.05, 3.63) is 116 Å². The summed E-state index contributed by atoms with van der Waals surface area (Å²) in [7, 11) is 0. The predicted molar refractivity (Wildman–Crippen MR) is 158 cm³/mol. The molecule has 40 heavy (non-hydrogen) atoms. The predicted octanol–water partition coefficient (Wildman–Crippen LogP) is 6.93. The number of anilines is 1. The van der Waals surface area contributed by atoms with Gasteiger partial charge in [-0.15, -0.1) is 0 Å². The van der Waals surface area contributed by atoms with E-state index in [4.69, 9.17) is 4.74 Å². The molecule has 1 fully saturated rings. The van der Waals surface area contributed by atoms with Gasteiger partial charge in [-0.2, -0.15) is 0 Å². The summed E-state index contributed by atoms with van der Waals surface area (Å²) in [5.41, 5.74) is 3.58. The quantitative estimate of drug-likeness (QED) is 0.105. The first-order valence-corrected chi connectivity index (χ1v) is 14.1. The van der Waals surface area contributed by atoms with E-state index >= 15 is 0 Å². The number of aryl methyl sites for hydroxylation is 2. The van der Waals surface area contributed by atoms with Crippen LogP contribution in [0.25, 0.3) is 5.76 Å². The number of hydrogen-bond acceptors (Lipinski definition) is 7. The molecule has 1 aromatic heterocycles. The number of halogens is 1. The highest BCUT2D eigenvalue weighted by Gasteiger charge is 2.48. The van der Waals surface area contributed by atoms with Crippen molar-refractivity contribution in [3.8, 4) is 5.75 Å². The van der Waals surface area contributed by atoms with Gasteiger partial charge in [0.15, 0.2) is 10.9 Å². The maximum Gasteiger partial charge on any atom is 0.301 e. The molecule has 1 atom stereocenters. The molecule has 9 heteroatoms. The first-order chi connectivity index (χ1) is 19.2. The van der Waals surface area contributed by atoms with Crippen molar-refractivity contribution >= 4 is 55.6 Å². The highest BCUT2D eigenvalue weighted by atomic mass is 79.9. The fraction of sp³-hybridized carbons (Fsp3) is 0.161. The number of hydrogen-bond donors (Lipinski definition) is 1. The SMILES string of the molecule is CC(=O)c1sc(N2C(=O)C(=O)C(=C(O)c3ccc(OCc4ccccc4C)cc3)C2c2ccc(Br)cc2)nc1C. The Morgan fingerprint density at radius 1 is 1.02 bits per heavy atom. The van der Waals surface area contributed by atoms with E-state index in [1.807, 2.05) is 31.2 Å². The van der Waals surface area contributed by atoms with Crippen molar-refractivity contribution in [2.45, 2.75) is 33.4 Å². The zero-order chi connectivity index (χ0) is 28.6. The van der Waals surface area contributed by atoms with E-state index in [-0.39, 0.29) is 22.2 Å². The molecule has 3 aromatic carbocycles. The van der Waals surface area contributed by atoms with Crippen molar-refractivity contribution < 1.29 is 24.2 Å². The fourth-order valence-electron chi connectivity index (χ4n) is 4.60. The van der Waals surface area contributed by atoms with Gasteiger partial charge in [-0.1, -0.05) is 63.7 Å². The summed E-state index contributed by atoms with van der Waals surface area (Å²) in [6, 6.07) is 20.9. The molecule has 0 saturated carbocycles. The largest absolute Gasteiger partial charge is 0.507 e. The second-order valence-electron chi connectivity index (χ2n) is 9.43. The van der Waals surface area contributed by atoms with Crippen LogP contribution in [0.5, 0.6) is 5.75 Å². The van der Waals surface area contributed by atoms with E-state index in [9.17, 15) is 19.5 Å².